The zero-order chi connectivity index (χ0) is 30.6. The monoisotopic (exact) mass is 590 g/mol. The van der Waals surface area contributed by atoms with Crippen LogP contribution in [-0.4, -0.2) is 72.2 Å². The molecule has 0 spiro atoms. The predicted octanol–water partition coefficient (Wildman–Crippen LogP) is 6.01. The molecular formula is C32H33F3N6O2. The lowest BCUT2D eigenvalue weighted by Crippen LogP contribution is -2.47. The van der Waals surface area contributed by atoms with Gasteiger partial charge >= 0.3 is 0 Å². The first kappa shape index (κ1) is 29.9. The van der Waals surface area contributed by atoms with Gasteiger partial charge in [-0.1, -0.05) is 18.2 Å². The second kappa shape index (κ2) is 12.8. The van der Waals surface area contributed by atoms with Gasteiger partial charge in [-0.3, -0.25) is 9.69 Å². The van der Waals surface area contributed by atoms with Crippen molar-refractivity contribution < 1.29 is 22.7 Å². The van der Waals surface area contributed by atoms with Crippen LogP contribution in [0.15, 0.2) is 60.9 Å². The van der Waals surface area contributed by atoms with E-state index in [1.54, 1.807) is 36.5 Å². The molecule has 1 aliphatic rings. The van der Waals surface area contributed by atoms with Crippen LogP contribution in [0.25, 0.3) is 26.9 Å². The molecule has 1 saturated heterocycles. The van der Waals surface area contributed by atoms with Crippen LogP contribution in [-0.2, 0) is 6.42 Å². The summed E-state index contributed by atoms with van der Waals surface area (Å²) in [6, 6.07) is 13.9. The highest BCUT2D eigenvalue weighted by Crippen LogP contribution is 2.29. The Balaban J connectivity index is 1.17. The number of H-pyrrole nitrogens is 1. The van der Waals surface area contributed by atoms with E-state index < -0.39 is 24.6 Å². The zero-order valence-corrected chi connectivity index (χ0v) is 23.8. The molecule has 1 fully saturated rings. The molecule has 224 valence electrons. The maximum absolute atomic E-state index is 13.8. The molecule has 2 aromatic carbocycles. The number of alkyl halides is 3. The maximum atomic E-state index is 13.8. The highest BCUT2D eigenvalue weighted by molar-refractivity contribution is 5.99. The quantitative estimate of drug-likeness (QED) is 0.209. The fraction of sp³-hybridized carbons (Fsp3) is 0.344. The first-order chi connectivity index (χ1) is 20.6. The summed E-state index contributed by atoms with van der Waals surface area (Å²) in [5.74, 6) is 0.210. The molecule has 1 atom stereocenters. The third-order valence-corrected chi connectivity index (χ3v) is 7.77. The number of hydrogen-bond acceptors (Lipinski definition) is 5. The molecule has 1 amide bonds. The standard InChI is InChI=1S/C32H33F3N6O2/c1-32(35,31(33)34)20-43-25-8-5-21(6-9-25)23-16-27(29(36)42)30(39-19-23)41-14-12-40(13-15-41)11-3-4-22-18-38-28-10-7-24(37-2)17-26(22)28/h5-10,16-19,31,38H,3-4,11-15,20H2,1H3,(H2,36,42). The number of primary amides is 1. The van der Waals surface area contributed by atoms with Crippen LogP contribution >= 0.6 is 0 Å². The lowest BCUT2D eigenvalue weighted by molar-refractivity contribution is -0.0482. The van der Waals surface area contributed by atoms with Gasteiger partial charge in [0, 0.05) is 49.7 Å². The molecule has 5 rings (SSSR count). The molecular weight excluding hydrogens is 557 g/mol. The molecule has 1 unspecified atom stereocenters. The molecule has 2 aromatic heterocycles. The van der Waals surface area contributed by atoms with Crippen LogP contribution in [0, 0.1) is 6.57 Å². The van der Waals surface area contributed by atoms with E-state index in [-0.39, 0.29) is 5.75 Å². The summed E-state index contributed by atoms with van der Waals surface area (Å²) >= 11 is 0. The van der Waals surface area contributed by atoms with Crippen molar-refractivity contribution in [2.75, 3.05) is 44.2 Å². The van der Waals surface area contributed by atoms with Crippen molar-refractivity contribution in [1.82, 2.24) is 14.9 Å². The first-order valence-electron chi connectivity index (χ1n) is 14.1. The van der Waals surface area contributed by atoms with Gasteiger partial charge in [0.2, 0.25) is 5.67 Å². The van der Waals surface area contributed by atoms with Crippen molar-refractivity contribution >= 4 is 28.3 Å². The number of rotatable bonds is 11. The molecule has 1 aliphatic heterocycles. The molecule has 0 radical (unpaired) electrons. The van der Waals surface area contributed by atoms with Crippen molar-refractivity contribution in [2.24, 2.45) is 5.73 Å². The van der Waals surface area contributed by atoms with Crippen LogP contribution in [0.4, 0.5) is 24.7 Å². The third kappa shape index (κ3) is 6.92. The number of piperazine rings is 1. The van der Waals surface area contributed by atoms with E-state index in [9.17, 15) is 18.0 Å². The molecule has 0 aliphatic carbocycles. The number of aryl methyl sites for hydroxylation is 1. The van der Waals surface area contributed by atoms with Gasteiger partial charge < -0.3 is 20.4 Å². The number of hydrogen-bond donors (Lipinski definition) is 2. The smallest absolute Gasteiger partial charge is 0.275 e. The Morgan fingerprint density at radius 3 is 2.56 bits per heavy atom. The summed E-state index contributed by atoms with van der Waals surface area (Å²) in [6.07, 6.45) is 2.44. The number of carbonyl (C=O) groups excluding carboxylic acids is 1. The summed E-state index contributed by atoms with van der Waals surface area (Å²) in [4.78, 5) is 28.3. The third-order valence-electron chi connectivity index (χ3n) is 7.77. The summed E-state index contributed by atoms with van der Waals surface area (Å²) in [7, 11) is 0. The Bertz CT molecular complexity index is 1620. The zero-order valence-electron chi connectivity index (χ0n) is 23.8. The van der Waals surface area contributed by atoms with Crippen molar-refractivity contribution in [1.29, 1.82) is 0 Å². The van der Waals surface area contributed by atoms with Gasteiger partial charge in [-0.15, -0.1) is 0 Å². The summed E-state index contributed by atoms with van der Waals surface area (Å²) in [6.45, 7) is 11.3. The average Bonchev–Trinajstić information content (AvgIpc) is 3.42. The number of anilines is 1. The highest BCUT2D eigenvalue weighted by atomic mass is 19.3. The second-order valence-electron chi connectivity index (χ2n) is 10.9. The van der Waals surface area contributed by atoms with Crippen molar-refractivity contribution in [3.8, 4) is 16.9 Å². The summed E-state index contributed by atoms with van der Waals surface area (Å²) in [5.41, 5.74) is 7.58. The minimum Gasteiger partial charge on any atom is -0.490 e. The number of nitrogens with one attached hydrogen (secondary N) is 1. The number of pyridine rings is 1. The number of carbonyl (C=O) groups is 1. The lowest BCUT2D eigenvalue weighted by Gasteiger charge is -2.36. The molecule has 3 heterocycles. The van der Waals surface area contributed by atoms with Gasteiger partial charge in [0.1, 0.15) is 18.2 Å². The van der Waals surface area contributed by atoms with Crippen molar-refractivity contribution in [3.05, 3.63) is 83.5 Å². The molecule has 3 N–H and O–H groups in total. The summed E-state index contributed by atoms with van der Waals surface area (Å²) in [5, 5.41) is 1.10. The van der Waals surface area contributed by atoms with E-state index in [0.29, 0.717) is 35.7 Å². The van der Waals surface area contributed by atoms with Crippen LogP contribution in [0.5, 0.6) is 5.75 Å². The van der Waals surface area contributed by atoms with Crippen LogP contribution in [0.3, 0.4) is 0 Å². The Kier molecular flexibility index (Phi) is 8.87. The number of ether oxygens (including phenoxy) is 1. The molecule has 11 heteroatoms. The molecule has 0 saturated carbocycles. The number of aromatic nitrogens is 2. The number of amides is 1. The maximum Gasteiger partial charge on any atom is 0.275 e. The first-order valence-corrected chi connectivity index (χ1v) is 14.1. The minimum absolute atomic E-state index is 0.251. The average molecular weight is 591 g/mol. The SMILES string of the molecule is [C-]#[N+]c1ccc2[nH]cc(CCCN3CCN(c4ncc(-c5ccc(OCC(C)(F)C(F)F)cc5)cc4C(N)=O)CC3)c2c1. The number of nitrogens with two attached hydrogens (primary N) is 1. The Hall–Kier alpha value is -4.56. The highest BCUT2D eigenvalue weighted by Gasteiger charge is 2.36. The van der Waals surface area contributed by atoms with E-state index in [4.69, 9.17) is 17.0 Å². The van der Waals surface area contributed by atoms with Gasteiger partial charge in [0.15, 0.2) is 5.69 Å². The van der Waals surface area contributed by atoms with Crippen LogP contribution < -0.4 is 15.4 Å². The number of aromatic amines is 1. The van der Waals surface area contributed by atoms with E-state index in [1.165, 1.54) is 5.56 Å². The lowest BCUT2D eigenvalue weighted by atomic mass is 10.0. The fourth-order valence-electron chi connectivity index (χ4n) is 5.20. The van der Waals surface area contributed by atoms with Crippen LogP contribution in [0.1, 0.15) is 29.3 Å². The van der Waals surface area contributed by atoms with Gasteiger partial charge in [0.05, 0.1) is 12.1 Å². The second-order valence-corrected chi connectivity index (χ2v) is 10.9. The Labute approximate surface area is 248 Å². The predicted molar refractivity (Wildman–Crippen MR) is 161 cm³/mol. The number of fused-ring (bicyclic) bond motifs is 1. The molecule has 4 aromatic rings. The molecule has 8 nitrogen and oxygen atoms in total. The number of nitrogens with zero attached hydrogens (tertiary/aromatic N) is 4. The van der Waals surface area contributed by atoms with E-state index in [2.05, 4.69) is 24.6 Å². The minimum atomic E-state index is -3.15. The number of benzene rings is 2. The fourth-order valence-corrected chi connectivity index (χ4v) is 5.20. The van der Waals surface area contributed by atoms with E-state index >= 15 is 0 Å². The number of halogens is 3. The van der Waals surface area contributed by atoms with Gasteiger partial charge in [-0.05, 0) is 73.2 Å². The Morgan fingerprint density at radius 2 is 1.88 bits per heavy atom. The van der Waals surface area contributed by atoms with E-state index in [0.717, 1.165) is 55.9 Å². The van der Waals surface area contributed by atoms with Gasteiger partial charge in [0.25, 0.3) is 12.3 Å². The Morgan fingerprint density at radius 1 is 1.14 bits per heavy atom. The summed E-state index contributed by atoms with van der Waals surface area (Å²) < 4.78 is 44.5. The van der Waals surface area contributed by atoms with E-state index in [1.807, 2.05) is 24.4 Å². The normalized spacial score (nSPS) is 15.4. The van der Waals surface area contributed by atoms with Crippen molar-refractivity contribution in [2.45, 2.75) is 31.9 Å². The topological polar surface area (TPSA) is 91.8 Å². The molecule has 43 heavy (non-hydrogen) atoms. The van der Waals surface area contributed by atoms with Gasteiger partial charge in [-0.25, -0.2) is 23.0 Å². The molecule has 0 bridgehead atoms. The van der Waals surface area contributed by atoms with Crippen LogP contribution in [0.2, 0.25) is 0 Å². The largest absolute Gasteiger partial charge is 0.490 e. The van der Waals surface area contributed by atoms with Gasteiger partial charge in [-0.2, -0.15) is 0 Å². The van der Waals surface area contributed by atoms with Crippen molar-refractivity contribution in [3.63, 3.8) is 0 Å².